The van der Waals surface area contributed by atoms with E-state index in [1.54, 1.807) is 18.2 Å². The number of anilines is 1. The van der Waals surface area contributed by atoms with Crippen molar-refractivity contribution in [3.8, 4) is 0 Å². The summed E-state index contributed by atoms with van der Waals surface area (Å²) >= 11 is 12.3. The summed E-state index contributed by atoms with van der Waals surface area (Å²) in [4.78, 5) is 34.5. The molecule has 1 aromatic carbocycles. The molecule has 184 valence electrons. The molecule has 3 heterocycles. The molecule has 2 aromatic heterocycles. The fourth-order valence-corrected chi connectivity index (χ4v) is 5.68. The van der Waals surface area contributed by atoms with Gasteiger partial charge in [-0.05, 0) is 44.0 Å². The average molecular weight is 523 g/mol. The number of halogens is 4. The molecule has 0 bridgehead atoms. The normalized spacial score (nSPS) is 21.3. The van der Waals surface area contributed by atoms with E-state index >= 15 is 0 Å². The average Bonchev–Trinajstić information content (AvgIpc) is 3.33. The van der Waals surface area contributed by atoms with Crippen molar-refractivity contribution in [1.29, 1.82) is 0 Å². The Labute approximate surface area is 209 Å². The molecule has 1 spiro atoms. The van der Waals surface area contributed by atoms with Crippen LogP contribution in [0.25, 0.3) is 10.9 Å². The van der Waals surface area contributed by atoms with E-state index in [9.17, 15) is 18.4 Å². The largest absolute Gasteiger partial charge is 0.464 e. The van der Waals surface area contributed by atoms with Crippen molar-refractivity contribution >= 4 is 45.8 Å². The monoisotopic (exact) mass is 522 g/mol. The van der Waals surface area contributed by atoms with Crippen molar-refractivity contribution in [2.45, 2.75) is 56.5 Å². The van der Waals surface area contributed by atoms with Crippen LogP contribution in [0, 0.1) is 0 Å². The van der Waals surface area contributed by atoms with Crippen molar-refractivity contribution < 1.29 is 18.3 Å². The highest BCUT2D eigenvalue weighted by Gasteiger charge is 2.54. The van der Waals surface area contributed by atoms with Crippen LogP contribution in [0.2, 0.25) is 10.2 Å². The van der Waals surface area contributed by atoms with Crippen LogP contribution in [0.15, 0.2) is 29.1 Å². The molecule has 2 aliphatic rings. The van der Waals surface area contributed by atoms with E-state index in [0.717, 1.165) is 0 Å². The SMILES string of the molecule is COC(=O)c1nc(Cl)ccc1N[C@H](C)c1cc(Cl)cc2c(=O)n3c(nc12)[C@@]1(CC3)CCC(F)(F)C1. The number of fused-ring (bicyclic) bond motifs is 3. The number of carbonyl (C=O) groups excluding carboxylic acids is 1. The Bertz CT molecular complexity index is 1430. The lowest BCUT2D eigenvalue weighted by atomic mass is 9.84. The smallest absolute Gasteiger partial charge is 0.358 e. The van der Waals surface area contributed by atoms with E-state index in [2.05, 4.69) is 10.3 Å². The number of nitrogens with zero attached hydrogens (tertiary/aromatic N) is 3. The summed E-state index contributed by atoms with van der Waals surface area (Å²) in [7, 11) is 1.24. The number of pyridine rings is 1. The van der Waals surface area contributed by atoms with E-state index in [4.69, 9.17) is 32.9 Å². The standard InChI is InChI=1S/C24H22Cl2F2N4O3/c1-12(29-16-3-4-17(26)30-19(16)21(34)35-2)14-9-13(25)10-15-18(14)31-22-23(5-6-24(27,28)11-23)7-8-32(22)20(15)33/h3-4,9-10,12,29H,5-8,11H2,1-2H3/t12-,23-/m1/s1. The zero-order chi connectivity index (χ0) is 25.1. The molecule has 1 aliphatic heterocycles. The first kappa shape index (κ1) is 23.9. The van der Waals surface area contributed by atoms with Crippen molar-refractivity contribution in [2.75, 3.05) is 12.4 Å². The molecule has 2 atom stereocenters. The summed E-state index contributed by atoms with van der Waals surface area (Å²) in [6.45, 7) is 2.16. The van der Waals surface area contributed by atoms with Crippen LogP contribution >= 0.6 is 23.2 Å². The lowest BCUT2D eigenvalue weighted by Gasteiger charge is -2.24. The van der Waals surface area contributed by atoms with Crippen LogP contribution in [0.1, 0.15) is 60.5 Å². The number of methoxy groups -OCH3 is 1. The molecule has 7 nitrogen and oxygen atoms in total. The molecule has 3 aromatic rings. The summed E-state index contributed by atoms with van der Waals surface area (Å²) in [6.07, 6.45) is 0.213. The van der Waals surface area contributed by atoms with Gasteiger partial charge >= 0.3 is 5.97 Å². The molecule has 1 fully saturated rings. The second-order valence-electron chi connectivity index (χ2n) is 9.23. The summed E-state index contributed by atoms with van der Waals surface area (Å²) < 4.78 is 34.8. The highest BCUT2D eigenvalue weighted by atomic mass is 35.5. The number of benzene rings is 1. The summed E-state index contributed by atoms with van der Waals surface area (Å²) in [5.41, 5.74) is 0.236. The van der Waals surface area contributed by atoms with Gasteiger partial charge in [0.05, 0.1) is 29.7 Å². The maximum absolute atomic E-state index is 14.2. The molecule has 0 radical (unpaired) electrons. The Morgan fingerprint density at radius 1 is 1.20 bits per heavy atom. The Morgan fingerprint density at radius 2 is 1.97 bits per heavy atom. The van der Waals surface area contributed by atoms with E-state index < -0.39 is 23.3 Å². The molecular formula is C24H22Cl2F2N4O3. The predicted molar refractivity (Wildman–Crippen MR) is 129 cm³/mol. The second-order valence-corrected chi connectivity index (χ2v) is 10.1. The number of carbonyl (C=O) groups is 1. The molecule has 1 saturated carbocycles. The minimum Gasteiger partial charge on any atom is -0.464 e. The van der Waals surface area contributed by atoms with Crippen molar-refractivity contribution in [1.82, 2.24) is 14.5 Å². The van der Waals surface area contributed by atoms with Gasteiger partial charge in [0.15, 0.2) is 5.69 Å². The summed E-state index contributed by atoms with van der Waals surface area (Å²) in [5, 5.41) is 3.98. The molecule has 5 rings (SSSR count). The van der Waals surface area contributed by atoms with Gasteiger partial charge in [-0.2, -0.15) is 0 Å². The quantitative estimate of drug-likeness (QED) is 0.358. The van der Waals surface area contributed by atoms with Gasteiger partial charge in [-0.25, -0.2) is 23.5 Å². The van der Waals surface area contributed by atoms with Gasteiger partial charge < -0.3 is 10.1 Å². The Hall–Kier alpha value is -2.78. The molecule has 0 unspecified atom stereocenters. The van der Waals surface area contributed by atoms with E-state index in [-0.39, 0.29) is 35.7 Å². The van der Waals surface area contributed by atoms with Gasteiger partial charge in [-0.3, -0.25) is 9.36 Å². The van der Waals surface area contributed by atoms with Crippen LogP contribution in [0.4, 0.5) is 14.5 Å². The highest BCUT2D eigenvalue weighted by molar-refractivity contribution is 6.31. The predicted octanol–water partition coefficient (Wildman–Crippen LogP) is 5.52. The molecule has 35 heavy (non-hydrogen) atoms. The number of nitrogens with one attached hydrogen (secondary N) is 1. The van der Waals surface area contributed by atoms with Crippen LogP contribution in [0.3, 0.4) is 0 Å². The zero-order valence-corrected chi connectivity index (χ0v) is 20.5. The first-order valence-electron chi connectivity index (χ1n) is 11.2. The van der Waals surface area contributed by atoms with Gasteiger partial charge in [0.1, 0.15) is 11.0 Å². The maximum Gasteiger partial charge on any atom is 0.358 e. The minimum atomic E-state index is -2.77. The molecule has 0 saturated heterocycles. The first-order chi connectivity index (χ1) is 16.5. The van der Waals surface area contributed by atoms with Gasteiger partial charge in [0.25, 0.3) is 5.56 Å². The number of rotatable bonds is 4. The lowest BCUT2D eigenvalue weighted by molar-refractivity contribution is 0.00241. The summed E-state index contributed by atoms with van der Waals surface area (Å²) in [5.74, 6) is -3.03. The van der Waals surface area contributed by atoms with Gasteiger partial charge in [-0.1, -0.05) is 23.2 Å². The topological polar surface area (TPSA) is 86.1 Å². The van der Waals surface area contributed by atoms with Crippen molar-refractivity contribution in [3.63, 3.8) is 0 Å². The molecule has 0 amide bonds. The molecular weight excluding hydrogens is 501 g/mol. The molecule has 11 heteroatoms. The third-order valence-corrected chi connectivity index (χ3v) is 7.41. The van der Waals surface area contributed by atoms with Gasteiger partial charge in [0.2, 0.25) is 5.92 Å². The number of hydrogen-bond acceptors (Lipinski definition) is 6. The summed E-state index contributed by atoms with van der Waals surface area (Å²) in [6, 6.07) is 5.87. The molecule has 1 N–H and O–H groups in total. The zero-order valence-electron chi connectivity index (χ0n) is 19.0. The van der Waals surface area contributed by atoms with Crippen LogP contribution in [-0.2, 0) is 16.7 Å². The third kappa shape index (κ3) is 4.04. The van der Waals surface area contributed by atoms with Crippen LogP contribution in [-0.4, -0.2) is 33.5 Å². The van der Waals surface area contributed by atoms with Crippen molar-refractivity contribution in [2.24, 2.45) is 0 Å². The van der Waals surface area contributed by atoms with E-state index in [0.29, 0.717) is 46.0 Å². The minimum absolute atomic E-state index is 0.000700. The van der Waals surface area contributed by atoms with Crippen LogP contribution in [0.5, 0.6) is 0 Å². The van der Waals surface area contributed by atoms with Crippen LogP contribution < -0.4 is 10.9 Å². The van der Waals surface area contributed by atoms with Crippen molar-refractivity contribution in [3.05, 3.63) is 61.9 Å². The fourth-order valence-electron chi connectivity index (χ4n) is 5.31. The number of alkyl halides is 2. The first-order valence-corrected chi connectivity index (χ1v) is 11.9. The van der Waals surface area contributed by atoms with E-state index in [1.807, 2.05) is 6.92 Å². The number of hydrogen-bond donors (Lipinski definition) is 1. The Kier molecular flexibility index (Phi) is 5.75. The Morgan fingerprint density at radius 3 is 2.66 bits per heavy atom. The van der Waals surface area contributed by atoms with E-state index in [1.165, 1.54) is 17.7 Å². The number of ether oxygens (including phenoxy) is 1. The number of aromatic nitrogens is 3. The second kappa shape index (κ2) is 8.41. The third-order valence-electron chi connectivity index (χ3n) is 6.99. The lowest BCUT2D eigenvalue weighted by Crippen LogP contribution is -2.28. The number of esters is 1. The fraction of sp³-hybridized carbons (Fsp3) is 0.417. The van der Waals surface area contributed by atoms with Gasteiger partial charge in [0, 0.05) is 35.4 Å². The highest BCUT2D eigenvalue weighted by Crippen LogP contribution is 2.53. The maximum atomic E-state index is 14.2. The van der Waals surface area contributed by atoms with Gasteiger partial charge in [-0.15, -0.1) is 0 Å². The Balaban J connectivity index is 1.63. The molecule has 1 aliphatic carbocycles.